The summed E-state index contributed by atoms with van der Waals surface area (Å²) in [6.07, 6.45) is 3.04. The number of pyridine rings is 1. The van der Waals surface area contributed by atoms with Crippen LogP contribution in [0, 0.1) is 5.92 Å². The molecule has 1 aliphatic heterocycles. The Morgan fingerprint density at radius 1 is 1.12 bits per heavy atom. The Morgan fingerprint density at radius 3 is 2.56 bits per heavy atom. The normalized spacial score (nSPS) is 19.8. The summed E-state index contributed by atoms with van der Waals surface area (Å²) in [5.74, 6) is 0.225. The first-order valence-electron chi connectivity index (χ1n) is 8.90. The molecule has 0 spiro atoms. The highest BCUT2D eigenvalue weighted by atomic mass is 16.5. The minimum atomic E-state index is -0.320. The Hall–Kier alpha value is -2.40. The summed E-state index contributed by atoms with van der Waals surface area (Å²) < 4.78 is 5.43. The first kappa shape index (κ1) is 16.1. The zero-order valence-electron chi connectivity index (χ0n) is 14.1. The molecule has 0 bridgehead atoms. The van der Waals surface area contributed by atoms with Crippen molar-refractivity contribution < 1.29 is 9.53 Å². The maximum absolute atomic E-state index is 12.9. The highest BCUT2D eigenvalue weighted by Crippen LogP contribution is 2.30. The molecule has 1 atom stereocenters. The average molecular weight is 338 g/mol. The molecule has 2 fully saturated rings. The summed E-state index contributed by atoms with van der Waals surface area (Å²) in [5.41, 5.74) is 1.57. The lowest BCUT2D eigenvalue weighted by Crippen LogP contribution is -2.39. The van der Waals surface area contributed by atoms with E-state index in [0.717, 1.165) is 37.1 Å². The number of carbonyl (C=O) groups is 1. The Balaban J connectivity index is 1.57. The van der Waals surface area contributed by atoms with Crippen LogP contribution < -0.4 is 5.56 Å². The summed E-state index contributed by atoms with van der Waals surface area (Å²) in [6.45, 7) is 2.16. The molecule has 1 aromatic carbocycles. The number of nitrogens with zero attached hydrogens (tertiary/aromatic N) is 1. The van der Waals surface area contributed by atoms with Gasteiger partial charge in [-0.05, 0) is 37.0 Å². The summed E-state index contributed by atoms with van der Waals surface area (Å²) >= 11 is 0. The van der Waals surface area contributed by atoms with E-state index in [2.05, 4.69) is 4.98 Å². The number of hydrogen-bond acceptors (Lipinski definition) is 3. The molecule has 2 heterocycles. The second kappa shape index (κ2) is 6.84. The van der Waals surface area contributed by atoms with E-state index < -0.39 is 0 Å². The molecule has 1 amide bonds. The second-order valence-corrected chi connectivity index (χ2v) is 6.90. The number of aromatic nitrogens is 1. The minimum absolute atomic E-state index is 0.157. The van der Waals surface area contributed by atoms with Crippen molar-refractivity contribution in [1.29, 1.82) is 0 Å². The molecule has 0 unspecified atom stereocenters. The Labute approximate surface area is 146 Å². The van der Waals surface area contributed by atoms with E-state index in [4.69, 9.17) is 4.74 Å². The first-order chi connectivity index (χ1) is 12.2. The van der Waals surface area contributed by atoms with Gasteiger partial charge in [-0.25, -0.2) is 0 Å². The lowest BCUT2D eigenvalue weighted by molar-refractivity contribution is 0.0704. The van der Waals surface area contributed by atoms with Gasteiger partial charge in [-0.15, -0.1) is 0 Å². The van der Waals surface area contributed by atoms with Gasteiger partial charge >= 0.3 is 0 Å². The molecule has 1 saturated carbocycles. The van der Waals surface area contributed by atoms with Crippen LogP contribution in [-0.4, -0.2) is 41.6 Å². The van der Waals surface area contributed by atoms with Crippen LogP contribution in [-0.2, 0) is 4.74 Å². The van der Waals surface area contributed by atoms with Crippen molar-refractivity contribution >= 4 is 5.91 Å². The molecule has 2 aliphatic rings. The van der Waals surface area contributed by atoms with Gasteiger partial charge in [0.05, 0.1) is 6.61 Å². The third-order valence-electron chi connectivity index (χ3n) is 4.95. The second-order valence-electron chi connectivity index (χ2n) is 6.90. The fraction of sp³-hybridized carbons (Fsp3) is 0.400. The number of nitrogens with one attached hydrogen (secondary N) is 1. The van der Waals surface area contributed by atoms with Crippen LogP contribution in [0.4, 0.5) is 0 Å². The van der Waals surface area contributed by atoms with Gasteiger partial charge in [0, 0.05) is 30.8 Å². The van der Waals surface area contributed by atoms with Gasteiger partial charge in [0.25, 0.3) is 11.5 Å². The maximum atomic E-state index is 12.9. The Kier molecular flexibility index (Phi) is 4.40. The van der Waals surface area contributed by atoms with Crippen LogP contribution in [0.5, 0.6) is 0 Å². The molecule has 5 heteroatoms. The molecule has 130 valence electrons. The molecular formula is C20H22N2O3. The van der Waals surface area contributed by atoms with Crippen LogP contribution in [0.3, 0.4) is 0 Å². The molecule has 1 N–H and O–H groups in total. The van der Waals surface area contributed by atoms with E-state index in [1.165, 1.54) is 0 Å². The van der Waals surface area contributed by atoms with Gasteiger partial charge in [0.1, 0.15) is 5.56 Å². The quantitative estimate of drug-likeness (QED) is 0.912. The van der Waals surface area contributed by atoms with E-state index in [1.807, 2.05) is 41.3 Å². The highest BCUT2D eigenvalue weighted by Gasteiger charge is 2.36. The van der Waals surface area contributed by atoms with Gasteiger partial charge in [-0.3, -0.25) is 9.59 Å². The predicted molar refractivity (Wildman–Crippen MR) is 95.5 cm³/mol. The van der Waals surface area contributed by atoms with E-state index in [1.54, 1.807) is 6.07 Å². The van der Waals surface area contributed by atoms with E-state index in [0.29, 0.717) is 19.1 Å². The zero-order chi connectivity index (χ0) is 17.2. The average Bonchev–Trinajstić information content (AvgIpc) is 3.35. The largest absolute Gasteiger partial charge is 0.381 e. The molecule has 1 saturated heterocycles. The van der Waals surface area contributed by atoms with Gasteiger partial charge in [-0.1, -0.05) is 30.3 Å². The topological polar surface area (TPSA) is 62.4 Å². The molecule has 5 nitrogen and oxygen atoms in total. The number of carbonyl (C=O) groups excluding carboxylic acids is 1. The summed E-state index contributed by atoms with van der Waals surface area (Å²) in [5, 5.41) is 0. The van der Waals surface area contributed by atoms with Crippen LogP contribution >= 0.6 is 0 Å². The van der Waals surface area contributed by atoms with Crippen molar-refractivity contribution in [2.75, 3.05) is 19.8 Å². The van der Waals surface area contributed by atoms with E-state index in [-0.39, 0.29) is 23.1 Å². The molecule has 2 aromatic rings. The number of benzene rings is 1. The fourth-order valence-corrected chi connectivity index (χ4v) is 3.37. The van der Waals surface area contributed by atoms with Crippen molar-refractivity contribution in [3.05, 3.63) is 58.4 Å². The summed E-state index contributed by atoms with van der Waals surface area (Å²) in [6, 6.07) is 13.4. The summed E-state index contributed by atoms with van der Waals surface area (Å²) in [7, 11) is 0. The van der Waals surface area contributed by atoms with Crippen LogP contribution in [0.2, 0.25) is 0 Å². The minimum Gasteiger partial charge on any atom is -0.381 e. The van der Waals surface area contributed by atoms with Gasteiger partial charge in [-0.2, -0.15) is 0 Å². The third-order valence-corrected chi connectivity index (χ3v) is 4.95. The van der Waals surface area contributed by atoms with Gasteiger partial charge < -0.3 is 14.6 Å². The van der Waals surface area contributed by atoms with Crippen molar-refractivity contribution in [2.24, 2.45) is 5.92 Å². The van der Waals surface area contributed by atoms with Crippen molar-refractivity contribution in [2.45, 2.75) is 25.3 Å². The highest BCUT2D eigenvalue weighted by molar-refractivity contribution is 5.94. The number of amides is 1. The molecule has 0 radical (unpaired) electrons. The molecule has 4 rings (SSSR count). The standard InChI is InChI=1S/C20H22N2O3/c23-19-17(8-9-18(21-19)15-4-2-1-3-5-15)20(24)22(16-6-7-16)12-14-10-11-25-13-14/h1-5,8-9,14,16H,6-7,10-13H2,(H,21,23)/t14-/m1/s1. The lowest BCUT2D eigenvalue weighted by atomic mass is 10.1. The number of hydrogen-bond donors (Lipinski definition) is 1. The zero-order valence-corrected chi connectivity index (χ0v) is 14.1. The van der Waals surface area contributed by atoms with E-state index in [9.17, 15) is 9.59 Å². The van der Waals surface area contributed by atoms with Crippen molar-refractivity contribution in [3.8, 4) is 11.3 Å². The summed E-state index contributed by atoms with van der Waals surface area (Å²) in [4.78, 5) is 30.2. The smallest absolute Gasteiger partial charge is 0.261 e. The van der Waals surface area contributed by atoms with Crippen LogP contribution in [0.25, 0.3) is 11.3 Å². The number of H-pyrrole nitrogens is 1. The number of rotatable bonds is 5. The number of ether oxygens (including phenoxy) is 1. The molecule has 25 heavy (non-hydrogen) atoms. The molecular weight excluding hydrogens is 316 g/mol. The predicted octanol–water partition coefficient (Wildman–Crippen LogP) is 2.68. The SMILES string of the molecule is O=C(c1ccc(-c2ccccc2)[nH]c1=O)N(C[C@H]1CCOC1)C1CC1. The van der Waals surface area contributed by atoms with Crippen molar-refractivity contribution in [3.63, 3.8) is 0 Å². The van der Waals surface area contributed by atoms with Crippen LogP contribution in [0.15, 0.2) is 47.3 Å². The number of aromatic amines is 1. The van der Waals surface area contributed by atoms with E-state index >= 15 is 0 Å². The molecule has 1 aromatic heterocycles. The Bertz CT molecular complexity index is 805. The lowest BCUT2D eigenvalue weighted by Gasteiger charge is -2.25. The Morgan fingerprint density at radius 2 is 1.92 bits per heavy atom. The fourth-order valence-electron chi connectivity index (χ4n) is 3.37. The third kappa shape index (κ3) is 3.51. The van der Waals surface area contributed by atoms with Crippen LogP contribution in [0.1, 0.15) is 29.6 Å². The van der Waals surface area contributed by atoms with Gasteiger partial charge in [0.2, 0.25) is 0 Å². The molecule has 1 aliphatic carbocycles. The maximum Gasteiger partial charge on any atom is 0.261 e. The first-order valence-corrected chi connectivity index (χ1v) is 8.90. The van der Waals surface area contributed by atoms with Crippen molar-refractivity contribution in [1.82, 2.24) is 9.88 Å². The monoisotopic (exact) mass is 338 g/mol. The van der Waals surface area contributed by atoms with Gasteiger partial charge in [0.15, 0.2) is 0 Å².